The van der Waals surface area contributed by atoms with Crippen molar-refractivity contribution in [3.8, 4) is 6.07 Å². The van der Waals surface area contributed by atoms with Gasteiger partial charge in [0.1, 0.15) is 11.7 Å². The molecular weight excluding hydrogens is 296 g/mol. The summed E-state index contributed by atoms with van der Waals surface area (Å²) in [5.74, 6) is 0. The predicted octanol–water partition coefficient (Wildman–Crippen LogP) is 4.49. The first-order valence-corrected chi connectivity index (χ1v) is 8.04. The van der Waals surface area contributed by atoms with E-state index in [1.807, 2.05) is 30.3 Å². The van der Waals surface area contributed by atoms with Gasteiger partial charge in [0.2, 0.25) is 0 Å². The maximum atomic E-state index is 9.65. The van der Waals surface area contributed by atoms with Crippen LogP contribution < -0.4 is 0 Å². The van der Waals surface area contributed by atoms with Crippen LogP contribution >= 0.6 is 0 Å². The van der Waals surface area contributed by atoms with E-state index in [0.29, 0.717) is 5.56 Å². The number of nitrogens with zero attached hydrogens (tertiary/aromatic N) is 4. The molecule has 4 nitrogen and oxygen atoms in total. The van der Waals surface area contributed by atoms with Gasteiger partial charge in [0, 0.05) is 17.3 Å². The molecular formula is C20H14N4. The van der Waals surface area contributed by atoms with Gasteiger partial charge in [-0.3, -0.25) is 4.40 Å². The molecule has 5 aromatic rings. The molecule has 0 atom stereocenters. The number of aryl methyl sites for hydroxylation is 1. The van der Waals surface area contributed by atoms with E-state index in [2.05, 4.69) is 46.2 Å². The van der Waals surface area contributed by atoms with E-state index in [-0.39, 0.29) is 0 Å². The van der Waals surface area contributed by atoms with Crippen LogP contribution in [0.3, 0.4) is 0 Å². The molecule has 0 spiro atoms. The fraction of sp³-hybridized carbons (Fsp3) is 0.100. The summed E-state index contributed by atoms with van der Waals surface area (Å²) in [6.45, 7) is 3.01. The van der Waals surface area contributed by atoms with Crippen LogP contribution in [0.1, 0.15) is 12.5 Å². The van der Waals surface area contributed by atoms with Gasteiger partial charge in [0.25, 0.3) is 0 Å². The second-order valence-electron chi connectivity index (χ2n) is 5.93. The summed E-state index contributed by atoms with van der Waals surface area (Å²) in [6.07, 6.45) is 0. The van der Waals surface area contributed by atoms with E-state index >= 15 is 0 Å². The zero-order valence-electron chi connectivity index (χ0n) is 13.2. The normalized spacial score (nSPS) is 11.7. The first-order valence-electron chi connectivity index (χ1n) is 8.04. The number of nitriles is 1. The number of imidazole rings is 1. The number of fused-ring (bicyclic) bond motifs is 7. The molecule has 4 heteroatoms. The van der Waals surface area contributed by atoms with Crippen molar-refractivity contribution in [2.45, 2.75) is 13.5 Å². The van der Waals surface area contributed by atoms with Gasteiger partial charge in [0.05, 0.1) is 22.1 Å². The van der Waals surface area contributed by atoms with Gasteiger partial charge in [-0.1, -0.05) is 30.3 Å². The van der Waals surface area contributed by atoms with Crippen LogP contribution in [0.4, 0.5) is 0 Å². The van der Waals surface area contributed by atoms with Crippen molar-refractivity contribution < 1.29 is 0 Å². The van der Waals surface area contributed by atoms with Gasteiger partial charge in [-0.15, -0.1) is 0 Å². The number of hydrogen-bond donors (Lipinski definition) is 0. The van der Waals surface area contributed by atoms with Gasteiger partial charge in [-0.2, -0.15) is 5.26 Å². The lowest BCUT2D eigenvalue weighted by Crippen LogP contribution is -2.00. The monoisotopic (exact) mass is 310 g/mol. The second-order valence-corrected chi connectivity index (χ2v) is 5.93. The zero-order chi connectivity index (χ0) is 16.3. The Hall–Kier alpha value is -3.32. The van der Waals surface area contributed by atoms with Crippen molar-refractivity contribution in [3.63, 3.8) is 0 Å². The molecule has 0 fully saturated rings. The molecule has 5 rings (SSSR count). The van der Waals surface area contributed by atoms with E-state index in [0.717, 1.165) is 34.3 Å². The SMILES string of the molecule is CCn1c2ccccc2c2cc(C#N)c3nc4ccccc4n3c21. The number of hydrogen-bond acceptors (Lipinski definition) is 2. The lowest BCUT2D eigenvalue weighted by molar-refractivity contribution is 0.812. The van der Waals surface area contributed by atoms with Crippen LogP contribution in [-0.2, 0) is 6.54 Å². The number of pyridine rings is 1. The minimum atomic E-state index is 0.609. The maximum absolute atomic E-state index is 9.65. The predicted molar refractivity (Wildman–Crippen MR) is 96.1 cm³/mol. The minimum Gasteiger partial charge on any atom is -0.327 e. The molecule has 24 heavy (non-hydrogen) atoms. The van der Waals surface area contributed by atoms with Gasteiger partial charge in [0.15, 0.2) is 5.65 Å². The third-order valence-corrected chi connectivity index (χ3v) is 4.72. The Labute approximate surface area is 138 Å². The summed E-state index contributed by atoms with van der Waals surface area (Å²) in [5.41, 5.74) is 5.56. The lowest BCUT2D eigenvalue weighted by atomic mass is 10.1. The first-order chi connectivity index (χ1) is 11.8. The highest BCUT2D eigenvalue weighted by atomic mass is 15.1. The fourth-order valence-corrected chi connectivity index (χ4v) is 3.73. The highest BCUT2D eigenvalue weighted by Crippen LogP contribution is 2.33. The topological polar surface area (TPSA) is 46.0 Å². The van der Waals surface area contributed by atoms with Crippen LogP contribution in [-0.4, -0.2) is 14.0 Å². The Morgan fingerprint density at radius 1 is 1.00 bits per heavy atom. The molecule has 3 heterocycles. The molecule has 0 saturated heterocycles. The first kappa shape index (κ1) is 13.1. The standard InChI is InChI=1S/C20H14N4/c1-2-23-17-9-5-3-7-14(17)15-11-13(12-21)19-22-16-8-4-6-10-18(16)24(19)20(15)23/h3-11H,2H2,1H3. The van der Waals surface area contributed by atoms with Gasteiger partial charge in [-0.25, -0.2) is 4.98 Å². The highest BCUT2D eigenvalue weighted by Gasteiger charge is 2.18. The number of aromatic nitrogens is 3. The highest BCUT2D eigenvalue weighted by molar-refractivity contribution is 6.09. The third-order valence-electron chi connectivity index (χ3n) is 4.72. The minimum absolute atomic E-state index is 0.609. The Bertz CT molecular complexity index is 1300. The Morgan fingerprint density at radius 3 is 2.54 bits per heavy atom. The van der Waals surface area contributed by atoms with Crippen molar-refractivity contribution in [1.82, 2.24) is 14.0 Å². The molecule has 0 N–H and O–H groups in total. The molecule has 0 aliphatic heterocycles. The summed E-state index contributed by atoms with van der Waals surface area (Å²) in [5, 5.41) is 11.9. The fourth-order valence-electron chi connectivity index (χ4n) is 3.73. The third kappa shape index (κ3) is 1.49. The van der Waals surface area contributed by atoms with Gasteiger partial charge in [-0.05, 0) is 31.2 Å². The number of benzene rings is 2. The summed E-state index contributed by atoms with van der Waals surface area (Å²) in [7, 11) is 0. The van der Waals surface area contributed by atoms with E-state index < -0.39 is 0 Å². The Balaban J connectivity index is 2.20. The maximum Gasteiger partial charge on any atom is 0.157 e. The summed E-state index contributed by atoms with van der Waals surface area (Å²) < 4.78 is 4.43. The van der Waals surface area contributed by atoms with E-state index in [4.69, 9.17) is 4.98 Å². The molecule has 0 aliphatic rings. The Kier molecular flexibility index (Phi) is 2.51. The molecule has 0 aliphatic carbocycles. The molecule has 2 aromatic carbocycles. The van der Waals surface area contributed by atoms with Crippen LogP contribution in [0.15, 0.2) is 54.6 Å². The van der Waals surface area contributed by atoms with Crippen molar-refractivity contribution in [3.05, 3.63) is 60.2 Å². The summed E-state index contributed by atoms with van der Waals surface area (Å²) >= 11 is 0. The van der Waals surface area contributed by atoms with Crippen LogP contribution in [0.25, 0.3) is 38.6 Å². The average Bonchev–Trinajstić information content (AvgIpc) is 3.16. The van der Waals surface area contributed by atoms with Crippen molar-refractivity contribution in [1.29, 1.82) is 5.26 Å². The number of para-hydroxylation sites is 3. The van der Waals surface area contributed by atoms with Gasteiger partial charge < -0.3 is 4.57 Å². The molecule has 0 amide bonds. The molecule has 0 unspecified atom stereocenters. The second kappa shape index (κ2) is 4.59. The quantitative estimate of drug-likeness (QED) is 0.458. The van der Waals surface area contributed by atoms with Gasteiger partial charge >= 0.3 is 0 Å². The number of rotatable bonds is 1. The molecule has 3 aromatic heterocycles. The molecule has 0 saturated carbocycles. The molecule has 0 bridgehead atoms. The zero-order valence-corrected chi connectivity index (χ0v) is 13.2. The summed E-state index contributed by atoms with van der Waals surface area (Å²) in [6, 6.07) is 20.7. The summed E-state index contributed by atoms with van der Waals surface area (Å²) in [4.78, 5) is 4.71. The van der Waals surface area contributed by atoms with Crippen LogP contribution in [0.5, 0.6) is 0 Å². The average molecular weight is 310 g/mol. The van der Waals surface area contributed by atoms with E-state index in [9.17, 15) is 5.26 Å². The largest absolute Gasteiger partial charge is 0.327 e. The van der Waals surface area contributed by atoms with Crippen molar-refractivity contribution in [2.24, 2.45) is 0 Å². The van der Waals surface area contributed by atoms with E-state index in [1.165, 1.54) is 10.9 Å². The van der Waals surface area contributed by atoms with E-state index in [1.54, 1.807) is 0 Å². The lowest BCUT2D eigenvalue weighted by Gasteiger charge is -2.07. The van der Waals surface area contributed by atoms with Crippen LogP contribution in [0, 0.1) is 11.3 Å². The molecule has 114 valence electrons. The Morgan fingerprint density at radius 2 is 1.75 bits per heavy atom. The van der Waals surface area contributed by atoms with Crippen LogP contribution in [0.2, 0.25) is 0 Å². The smallest absolute Gasteiger partial charge is 0.157 e. The molecule has 0 radical (unpaired) electrons. The van der Waals surface area contributed by atoms with Crippen molar-refractivity contribution in [2.75, 3.05) is 0 Å². The van der Waals surface area contributed by atoms with Crippen molar-refractivity contribution >= 4 is 38.6 Å².